The summed E-state index contributed by atoms with van der Waals surface area (Å²) in [5, 5.41) is 2.62. The Bertz CT molecular complexity index is 701. The molecule has 4 atom stereocenters. The number of rotatable bonds is 3. The maximum Gasteiger partial charge on any atom is 0.334 e. The quantitative estimate of drug-likeness (QED) is 0.873. The van der Waals surface area contributed by atoms with E-state index in [2.05, 4.69) is 5.32 Å². The summed E-state index contributed by atoms with van der Waals surface area (Å²) in [4.78, 5) is 11.9. The molecule has 3 fully saturated rings. The number of nitrogens with one attached hydrogen (secondary N) is 1. The Kier molecular flexibility index (Phi) is 2.70. The van der Waals surface area contributed by atoms with Crippen LogP contribution in [0.5, 0.6) is 0 Å². The minimum Gasteiger partial charge on any atom is -0.325 e. The van der Waals surface area contributed by atoms with E-state index < -0.39 is 15.1 Å². The third kappa shape index (κ3) is 1.99. The zero-order chi connectivity index (χ0) is 14.8. The molecule has 1 aromatic rings. The summed E-state index contributed by atoms with van der Waals surface area (Å²) in [6.45, 7) is 0. The molecule has 3 aliphatic rings. The minimum absolute atomic E-state index is 0.00776. The van der Waals surface area contributed by atoms with Gasteiger partial charge in [-0.15, -0.1) is 3.89 Å². The zero-order valence-electron chi connectivity index (χ0n) is 11.3. The van der Waals surface area contributed by atoms with Crippen LogP contribution in [0.2, 0.25) is 0 Å². The number of hydrogen-bond acceptors (Lipinski definition) is 3. The maximum absolute atomic E-state index is 13.2. The second-order valence-corrected chi connectivity index (χ2v) is 7.75. The van der Waals surface area contributed by atoms with E-state index in [1.807, 2.05) is 0 Å². The molecule has 1 N–H and O–H groups in total. The number of benzene rings is 1. The fourth-order valence-electron chi connectivity index (χ4n) is 4.67. The summed E-state index contributed by atoms with van der Waals surface area (Å²) >= 11 is 0. The Morgan fingerprint density at radius 1 is 1.14 bits per heavy atom. The molecule has 112 valence electrons. The van der Waals surface area contributed by atoms with Crippen molar-refractivity contribution in [2.75, 3.05) is 5.32 Å². The standard InChI is InChI=1S/C15H16FNO3S/c16-21(19,20)11-4-2-1-3-10(11)17-15(18)14-12-8-5-6-9(7-8)13(12)14/h1-4,8-9,12-14H,5-7H2,(H,17,18). The van der Waals surface area contributed by atoms with Crippen molar-refractivity contribution < 1.29 is 17.1 Å². The molecule has 4 rings (SSSR count). The van der Waals surface area contributed by atoms with E-state index in [9.17, 15) is 17.1 Å². The van der Waals surface area contributed by atoms with Gasteiger partial charge in [0, 0.05) is 5.92 Å². The van der Waals surface area contributed by atoms with E-state index in [0.717, 1.165) is 0 Å². The smallest absolute Gasteiger partial charge is 0.325 e. The third-order valence-electron chi connectivity index (χ3n) is 5.45. The molecule has 21 heavy (non-hydrogen) atoms. The number of fused-ring (bicyclic) bond motifs is 5. The highest BCUT2D eigenvalue weighted by atomic mass is 32.3. The van der Waals surface area contributed by atoms with Crippen LogP contribution >= 0.6 is 0 Å². The summed E-state index contributed by atoms with van der Waals surface area (Å²) in [5.74, 6) is 2.10. The Labute approximate surface area is 122 Å². The molecule has 1 amide bonds. The Morgan fingerprint density at radius 2 is 1.76 bits per heavy atom. The van der Waals surface area contributed by atoms with Gasteiger partial charge in [-0.3, -0.25) is 4.79 Å². The molecule has 0 aliphatic heterocycles. The van der Waals surface area contributed by atoms with Crippen LogP contribution in [-0.2, 0) is 15.0 Å². The predicted octanol–water partition coefficient (Wildman–Crippen LogP) is 2.58. The van der Waals surface area contributed by atoms with Gasteiger partial charge in [0.2, 0.25) is 5.91 Å². The van der Waals surface area contributed by atoms with Gasteiger partial charge in [-0.25, -0.2) is 0 Å². The van der Waals surface area contributed by atoms with E-state index in [-0.39, 0.29) is 17.5 Å². The number of halogens is 1. The van der Waals surface area contributed by atoms with Crippen molar-refractivity contribution >= 4 is 21.8 Å². The molecule has 1 aromatic carbocycles. The van der Waals surface area contributed by atoms with Crippen molar-refractivity contribution in [3.05, 3.63) is 24.3 Å². The van der Waals surface area contributed by atoms with Crippen LogP contribution in [0, 0.1) is 29.6 Å². The topological polar surface area (TPSA) is 63.2 Å². The van der Waals surface area contributed by atoms with Crippen LogP contribution in [0.1, 0.15) is 19.3 Å². The number of para-hydroxylation sites is 1. The average Bonchev–Trinajstić information content (AvgIpc) is 2.87. The van der Waals surface area contributed by atoms with Crippen molar-refractivity contribution in [1.82, 2.24) is 0 Å². The van der Waals surface area contributed by atoms with E-state index in [1.54, 1.807) is 6.07 Å². The Balaban J connectivity index is 1.54. The number of carbonyl (C=O) groups is 1. The highest BCUT2D eigenvalue weighted by Crippen LogP contribution is 2.69. The predicted molar refractivity (Wildman–Crippen MR) is 74.7 cm³/mol. The molecule has 3 aliphatic carbocycles. The highest BCUT2D eigenvalue weighted by Gasteiger charge is 2.67. The fourth-order valence-corrected chi connectivity index (χ4v) is 5.30. The summed E-state index contributed by atoms with van der Waals surface area (Å²) in [6, 6.07) is 5.62. The maximum atomic E-state index is 13.2. The van der Waals surface area contributed by atoms with Crippen molar-refractivity contribution in [2.24, 2.45) is 29.6 Å². The number of amides is 1. The van der Waals surface area contributed by atoms with E-state index in [0.29, 0.717) is 23.7 Å². The minimum atomic E-state index is -4.83. The van der Waals surface area contributed by atoms with Crippen LogP contribution in [-0.4, -0.2) is 14.3 Å². The second kappa shape index (κ2) is 4.29. The molecule has 0 radical (unpaired) electrons. The average molecular weight is 309 g/mol. The molecule has 0 saturated heterocycles. The highest BCUT2D eigenvalue weighted by molar-refractivity contribution is 7.86. The van der Waals surface area contributed by atoms with Crippen molar-refractivity contribution in [1.29, 1.82) is 0 Å². The van der Waals surface area contributed by atoms with E-state index in [1.165, 1.54) is 37.5 Å². The van der Waals surface area contributed by atoms with Gasteiger partial charge >= 0.3 is 10.2 Å². The van der Waals surface area contributed by atoms with E-state index in [4.69, 9.17) is 0 Å². The summed E-state index contributed by atoms with van der Waals surface area (Å²) in [6.07, 6.45) is 3.67. The normalized spacial score (nSPS) is 36.3. The molecule has 4 unspecified atom stereocenters. The molecule has 6 heteroatoms. The molecule has 4 nitrogen and oxygen atoms in total. The SMILES string of the molecule is O=C(Nc1ccccc1S(=O)(=O)F)C1C2C3CCC(C3)C12. The third-order valence-corrected chi connectivity index (χ3v) is 6.33. The first kappa shape index (κ1) is 13.2. The first-order valence-electron chi connectivity index (χ1n) is 7.31. The lowest BCUT2D eigenvalue weighted by Crippen LogP contribution is -2.19. The van der Waals surface area contributed by atoms with Gasteiger partial charge in [0.15, 0.2) is 0 Å². The zero-order valence-corrected chi connectivity index (χ0v) is 12.1. The van der Waals surface area contributed by atoms with Gasteiger partial charge in [0.05, 0.1) is 5.69 Å². The van der Waals surface area contributed by atoms with Crippen LogP contribution < -0.4 is 5.32 Å². The summed E-state index contributed by atoms with van der Waals surface area (Å²) in [7, 11) is -4.83. The van der Waals surface area contributed by atoms with Gasteiger partial charge in [-0.05, 0) is 55.1 Å². The van der Waals surface area contributed by atoms with Gasteiger partial charge in [0.1, 0.15) is 4.90 Å². The molecule has 0 heterocycles. The summed E-state index contributed by atoms with van der Waals surface area (Å²) in [5.41, 5.74) is 0.0438. The van der Waals surface area contributed by atoms with Gasteiger partial charge in [-0.1, -0.05) is 12.1 Å². The lowest BCUT2D eigenvalue weighted by atomic mass is 10.0. The lowest BCUT2D eigenvalue weighted by Gasteiger charge is -2.11. The monoisotopic (exact) mass is 309 g/mol. The fraction of sp³-hybridized carbons (Fsp3) is 0.533. The Morgan fingerprint density at radius 3 is 2.38 bits per heavy atom. The first-order chi connectivity index (χ1) is 9.97. The van der Waals surface area contributed by atoms with Crippen molar-refractivity contribution in [3.8, 4) is 0 Å². The number of anilines is 1. The summed E-state index contributed by atoms with van der Waals surface area (Å²) < 4.78 is 35.5. The van der Waals surface area contributed by atoms with Gasteiger partial charge in [-0.2, -0.15) is 8.42 Å². The Hall–Kier alpha value is -1.43. The van der Waals surface area contributed by atoms with E-state index >= 15 is 0 Å². The van der Waals surface area contributed by atoms with Crippen LogP contribution in [0.15, 0.2) is 29.2 Å². The lowest BCUT2D eigenvalue weighted by molar-refractivity contribution is -0.118. The second-order valence-electron chi connectivity index (χ2n) is 6.44. The molecular weight excluding hydrogens is 293 g/mol. The van der Waals surface area contributed by atoms with Crippen molar-refractivity contribution in [3.63, 3.8) is 0 Å². The van der Waals surface area contributed by atoms with Crippen molar-refractivity contribution in [2.45, 2.75) is 24.2 Å². The van der Waals surface area contributed by atoms with Crippen LogP contribution in [0.3, 0.4) is 0 Å². The largest absolute Gasteiger partial charge is 0.334 e. The molecule has 0 aromatic heterocycles. The molecule has 3 saturated carbocycles. The molecule has 2 bridgehead atoms. The number of hydrogen-bond donors (Lipinski definition) is 1. The van der Waals surface area contributed by atoms with Gasteiger partial charge < -0.3 is 5.32 Å². The first-order valence-corrected chi connectivity index (χ1v) is 8.70. The molecule has 0 spiro atoms. The number of carbonyl (C=O) groups excluding carboxylic acids is 1. The molecular formula is C15H16FNO3S. The van der Waals surface area contributed by atoms with Crippen LogP contribution in [0.4, 0.5) is 9.57 Å². The van der Waals surface area contributed by atoms with Gasteiger partial charge in [0.25, 0.3) is 0 Å². The van der Waals surface area contributed by atoms with Crippen LogP contribution in [0.25, 0.3) is 0 Å².